The Morgan fingerprint density at radius 1 is 1.40 bits per heavy atom. The van der Waals surface area contributed by atoms with Gasteiger partial charge in [-0.05, 0) is 0 Å². The summed E-state index contributed by atoms with van der Waals surface area (Å²) < 4.78 is 0. The molecule has 0 amide bonds. The van der Waals surface area contributed by atoms with Crippen LogP contribution < -0.4 is 0 Å². The van der Waals surface area contributed by atoms with Crippen molar-refractivity contribution in [2.75, 3.05) is 0 Å². The van der Waals surface area contributed by atoms with Gasteiger partial charge in [0.1, 0.15) is 0 Å². The van der Waals surface area contributed by atoms with E-state index in [-0.39, 0.29) is 20.4 Å². The SMILES string of the molecule is CC.Cc1[c-]nn(C)n1.[Re]. The minimum Gasteiger partial charge on any atom is -0.375 e. The van der Waals surface area contributed by atoms with Crippen molar-refractivity contribution in [3.05, 3.63) is 11.9 Å². The fourth-order valence-corrected chi connectivity index (χ4v) is 0.407. The van der Waals surface area contributed by atoms with E-state index in [0.29, 0.717) is 0 Å². The van der Waals surface area contributed by atoms with Crippen LogP contribution in [-0.2, 0) is 27.5 Å². The monoisotopic (exact) mass is 313 g/mol. The van der Waals surface area contributed by atoms with Gasteiger partial charge in [0.25, 0.3) is 0 Å². The zero-order valence-electron chi connectivity index (χ0n) is 6.72. The van der Waals surface area contributed by atoms with Gasteiger partial charge in [-0.2, -0.15) is 0 Å². The van der Waals surface area contributed by atoms with Crippen LogP contribution in [0, 0.1) is 13.1 Å². The van der Waals surface area contributed by atoms with E-state index in [1.807, 2.05) is 20.8 Å². The van der Waals surface area contributed by atoms with Gasteiger partial charge in [-0.15, -0.1) is 5.69 Å². The molecule has 0 aliphatic heterocycles. The molecule has 0 aromatic carbocycles. The van der Waals surface area contributed by atoms with Gasteiger partial charge in [0.2, 0.25) is 0 Å². The Hall–Kier alpha value is -0.198. The standard InChI is InChI=1S/C4H6N3.C2H6.Re/c1-4-3-5-7(2)6-4;1-2;/h1-2H3;1-2H3;/q-1;;. The largest absolute Gasteiger partial charge is 0.375 e. The summed E-state index contributed by atoms with van der Waals surface area (Å²) in [5, 5.41) is 7.56. The van der Waals surface area contributed by atoms with Crippen LogP contribution in [0.5, 0.6) is 0 Å². The maximum Gasteiger partial charge on any atom is 0.0462 e. The maximum absolute atomic E-state index is 3.86. The van der Waals surface area contributed by atoms with E-state index in [4.69, 9.17) is 0 Å². The molecule has 0 bridgehead atoms. The van der Waals surface area contributed by atoms with E-state index in [9.17, 15) is 0 Å². The first-order chi connectivity index (χ1) is 4.29. The van der Waals surface area contributed by atoms with E-state index >= 15 is 0 Å². The van der Waals surface area contributed by atoms with Gasteiger partial charge in [0.15, 0.2) is 0 Å². The summed E-state index contributed by atoms with van der Waals surface area (Å²) in [6, 6.07) is 0. The quantitative estimate of drug-likeness (QED) is 0.668. The van der Waals surface area contributed by atoms with E-state index < -0.39 is 0 Å². The molecule has 0 saturated carbocycles. The molecule has 59 valence electrons. The Morgan fingerprint density at radius 2 is 1.90 bits per heavy atom. The van der Waals surface area contributed by atoms with Gasteiger partial charge < -0.3 is 11.3 Å². The summed E-state index contributed by atoms with van der Waals surface area (Å²) in [5.41, 5.74) is 0.836. The fraction of sp³-hybridized carbons (Fsp3) is 0.667. The Kier molecular flexibility index (Phi) is 8.63. The van der Waals surface area contributed by atoms with Crippen molar-refractivity contribution in [2.45, 2.75) is 20.8 Å². The molecule has 4 heteroatoms. The van der Waals surface area contributed by atoms with Crippen molar-refractivity contribution in [2.24, 2.45) is 7.05 Å². The van der Waals surface area contributed by atoms with Gasteiger partial charge in [-0.25, -0.2) is 9.90 Å². The van der Waals surface area contributed by atoms with Crippen LogP contribution in [0.1, 0.15) is 19.5 Å². The molecule has 0 atom stereocenters. The summed E-state index contributed by atoms with van der Waals surface area (Å²) in [6.07, 6.45) is 2.67. The summed E-state index contributed by atoms with van der Waals surface area (Å²) in [4.78, 5) is 1.48. The third-order valence-electron chi connectivity index (χ3n) is 0.651. The summed E-state index contributed by atoms with van der Waals surface area (Å²) in [5.74, 6) is 0. The predicted octanol–water partition coefficient (Wildman–Crippen LogP) is 0.947. The first-order valence-electron chi connectivity index (χ1n) is 3.04. The Labute approximate surface area is 75.5 Å². The normalized spacial score (nSPS) is 7.20. The van der Waals surface area contributed by atoms with Crippen molar-refractivity contribution in [3.63, 3.8) is 0 Å². The second-order valence-corrected chi connectivity index (χ2v) is 1.39. The van der Waals surface area contributed by atoms with Crippen LogP contribution in [0.3, 0.4) is 0 Å². The topological polar surface area (TPSA) is 30.7 Å². The first kappa shape index (κ1) is 12.5. The number of aryl methyl sites for hydroxylation is 2. The Bertz CT molecular complexity index is 145. The van der Waals surface area contributed by atoms with Crippen molar-refractivity contribution in [1.82, 2.24) is 15.0 Å². The molecular weight excluding hydrogens is 300 g/mol. The number of nitrogens with zero attached hydrogens (tertiary/aromatic N) is 3. The van der Waals surface area contributed by atoms with Crippen molar-refractivity contribution in [3.8, 4) is 0 Å². The van der Waals surface area contributed by atoms with Crippen molar-refractivity contribution >= 4 is 0 Å². The molecule has 1 rings (SSSR count). The summed E-state index contributed by atoms with van der Waals surface area (Å²) >= 11 is 0. The second kappa shape index (κ2) is 6.92. The Balaban J connectivity index is 0. The molecule has 0 aliphatic rings. The first-order valence-corrected chi connectivity index (χ1v) is 3.04. The molecule has 1 radical (unpaired) electrons. The van der Waals surface area contributed by atoms with Crippen LogP contribution in [0.2, 0.25) is 0 Å². The van der Waals surface area contributed by atoms with E-state index in [2.05, 4.69) is 16.4 Å². The van der Waals surface area contributed by atoms with Crippen LogP contribution in [-0.4, -0.2) is 15.0 Å². The molecule has 0 fully saturated rings. The van der Waals surface area contributed by atoms with E-state index in [1.54, 1.807) is 7.05 Å². The third-order valence-corrected chi connectivity index (χ3v) is 0.651. The number of hydrogen-bond donors (Lipinski definition) is 0. The van der Waals surface area contributed by atoms with Gasteiger partial charge in [-0.3, -0.25) is 0 Å². The van der Waals surface area contributed by atoms with Gasteiger partial charge in [-0.1, -0.05) is 20.8 Å². The van der Waals surface area contributed by atoms with Crippen molar-refractivity contribution in [1.29, 1.82) is 0 Å². The molecular formula is C6H12N3Re-. The molecule has 0 unspecified atom stereocenters. The van der Waals surface area contributed by atoms with Crippen LogP contribution in [0.4, 0.5) is 0 Å². The number of hydrogen-bond acceptors (Lipinski definition) is 2. The fourth-order valence-electron chi connectivity index (χ4n) is 0.407. The molecule has 1 aromatic heterocycles. The molecule has 1 aromatic rings. The molecule has 3 nitrogen and oxygen atoms in total. The zero-order valence-corrected chi connectivity index (χ0v) is 9.44. The summed E-state index contributed by atoms with van der Waals surface area (Å²) in [7, 11) is 1.77. The average Bonchev–Trinajstić information content (AvgIpc) is 2.20. The molecule has 1 heterocycles. The van der Waals surface area contributed by atoms with Crippen molar-refractivity contribution < 1.29 is 20.4 Å². The minimum absolute atomic E-state index is 0. The molecule has 0 aliphatic carbocycles. The van der Waals surface area contributed by atoms with E-state index in [0.717, 1.165) is 5.69 Å². The van der Waals surface area contributed by atoms with E-state index in [1.165, 1.54) is 4.80 Å². The molecule has 0 N–H and O–H groups in total. The third kappa shape index (κ3) is 4.66. The van der Waals surface area contributed by atoms with Crippen LogP contribution >= 0.6 is 0 Å². The average molecular weight is 312 g/mol. The van der Waals surface area contributed by atoms with Crippen LogP contribution in [0.25, 0.3) is 0 Å². The minimum atomic E-state index is 0. The molecule has 0 spiro atoms. The molecule has 0 saturated heterocycles. The predicted molar refractivity (Wildman–Crippen MR) is 35.9 cm³/mol. The maximum atomic E-state index is 3.86. The Morgan fingerprint density at radius 3 is 2.00 bits per heavy atom. The smallest absolute Gasteiger partial charge is 0.0462 e. The number of aromatic nitrogens is 3. The van der Waals surface area contributed by atoms with Crippen LogP contribution in [0.15, 0.2) is 0 Å². The molecule has 10 heavy (non-hydrogen) atoms. The summed E-state index contributed by atoms with van der Waals surface area (Å²) in [6.45, 7) is 5.85. The second-order valence-electron chi connectivity index (χ2n) is 1.39. The van der Waals surface area contributed by atoms with Gasteiger partial charge in [0.05, 0.1) is 0 Å². The van der Waals surface area contributed by atoms with Gasteiger partial charge >= 0.3 is 0 Å². The number of rotatable bonds is 0. The zero-order chi connectivity index (χ0) is 7.28. The van der Waals surface area contributed by atoms with Gasteiger partial charge in [0, 0.05) is 27.5 Å².